The van der Waals surface area contributed by atoms with Gasteiger partial charge < -0.3 is 10.1 Å². The second-order valence-corrected chi connectivity index (χ2v) is 2.71. The molecule has 1 unspecified atom stereocenters. The van der Waals surface area contributed by atoms with Gasteiger partial charge >= 0.3 is 0 Å². The number of hydrogen-bond acceptors (Lipinski definition) is 3. The molecule has 1 atom stereocenters. The lowest BCUT2D eigenvalue weighted by molar-refractivity contribution is -0.110. The minimum absolute atomic E-state index is 0.179. The summed E-state index contributed by atoms with van der Waals surface area (Å²) in [4.78, 5) is 10.7. The molecule has 0 rings (SSSR count). The van der Waals surface area contributed by atoms with Crippen LogP contribution in [-0.4, -0.2) is 25.8 Å². The van der Waals surface area contributed by atoms with Crippen LogP contribution in [-0.2, 0) is 9.53 Å². The maximum Gasteiger partial charge on any atom is 0.179 e. The number of methoxy groups -OCH3 is 1. The summed E-state index contributed by atoms with van der Waals surface area (Å²) in [6.45, 7) is 5.66. The summed E-state index contributed by atoms with van der Waals surface area (Å²) in [5.41, 5.74) is 0.179. The third-order valence-electron chi connectivity index (χ3n) is 0.971. The molecule has 0 heterocycles. The first-order chi connectivity index (χ1) is 4.70. The molecule has 0 fully saturated rings. The van der Waals surface area contributed by atoms with E-state index in [1.165, 1.54) is 7.11 Å². The van der Waals surface area contributed by atoms with Gasteiger partial charge in [-0.15, -0.1) is 0 Å². The Bertz CT molecular complexity index is 120. The molecule has 0 saturated heterocycles. The van der Waals surface area contributed by atoms with E-state index in [0.29, 0.717) is 21.0 Å². The molecule has 3 nitrogen and oxygen atoms in total. The molecule has 10 heavy (non-hydrogen) atoms. The molecule has 4 heteroatoms. The lowest BCUT2D eigenvalue weighted by atomic mass is 10.7. The average Bonchev–Trinajstić information content (AvgIpc) is 1.99. The SMILES string of the molecule is C=C(NCC(=O)PC)OC. The van der Waals surface area contributed by atoms with E-state index in [1.807, 2.05) is 6.66 Å². The predicted octanol–water partition coefficient (Wildman–Crippen LogP) is 0.528. The fraction of sp³-hybridized carbons (Fsp3) is 0.500. The first-order valence-corrected chi connectivity index (χ1v) is 4.38. The van der Waals surface area contributed by atoms with Crippen LogP contribution in [0, 0.1) is 0 Å². The van der Waals surface area contributed by atoms with Crippen LogP contribution >= 0.6 is 8.58 Å². The van der Waals surface area contributed by atoms with Gasteiger partial charge in [0.1, 0.15) is 0 Å². The van der Waals surface area contributed by atoms with Gasteiger partial charge in [0.15, 0.2) is 11.4 Å². The predicted molar refractivity (Wildman–Crippen MR) is 43.4 cm³/mol. The zero-order valence-electron chi connectivity index (χ0n) is 6.23. The van der Waals surface area contributed by atoms with Gasteiger partial charge in [0.05, 0.1) is 13.7 Å². The van der Waals surface area contributed by atoms with Gasteiger partial charge in [0, 0.05) is 0 Å². The Morgan fingerprint density at radius 3 is 2.80 bits per heavy atom. The molecule has 0 amide bonds. The average molecular weight is 161 g/mol. The Morgan fingerprint density at radius 1 is 1.80 bits per heavy atom. The van der Waals surface area contributed by atoms with Crippen LogP contribution in [0.25, 0.3) is 0 Å². The molecular formula is C6H12NO2P. The minimum atomic E-state index is 0.179. The molecule has 0 aliphatic carbocycles. The summed E-state index contributed by atoms with van der Waals surface area (Å²) in [6.07, 6.45) is 0. The molecule has 0 aliphatic heterocycles. The van der Waals surface area contributed by atoms with Crippen LogP contribution < -0.4 is 5.32 Å². The number of carbonyl (C=O) groups excluding carboxylic acids is 1. The summed E-state index contributed by atoms with van der Waals surface area (Å²) in [6, 6.07) is 0. The highest BCUT2D eigenvalue weighted by atomic mass is 31.1. The van der Waals surface area contributed by atoms with Crippen LogP contribution in [0.5, 0.6) is 0 Å². The van der Waals surface area contributed by atoms with E-state index in [1.54, 1.807) is 0 Å². The minimum Gasteiger partial charge on any atom is -0.483 e. The summed E-state index contributed by atoms with van der Waals surface area (Å²) in [5, 5.41) is 2.72. The Morgan fingerprint density at radius 2 is 2.40 bits per heavy atom. The Kier molecular flexibility index (Phi) is 4.95. The molecular weight excluding hydrogens is 149 g/mol. The van der Waals surface area contributed by atoms with Crippen molar-refractivity contribution in [2.24, 2.45) is 0 Å². The van der Waals surface area contributed by atoms with E-state index >= 15 is 0 Å². The maximum absolute atomic E-state index is 10.7. The second kappa shape index (κ2) is 5.24. The van der Waals surface area contributed by atoms with E-state index in [4.69, 9.17) is 4.74 Å². The summed E-state index contributed by atoms with van der Waals surface area (Å²) >= 11 is 0. The lowest BCUT2D eigenvalue weighted by Crippen LogP contribution is -2.19. The van der Waals surface area contributed by atoms with E-state index < -0.39 is 0 Å². The van der Waals surface area contributed by atoms with Crippen molar-refractivity contribution < 1.29 is 9.53 Å². The number of nitrogens with one attached hydrogen (secondary N) is 1. The topological polar surface area (TPSA) is 38.3 Å². The van der Waals surface area contributed by atoms with Crippen molar-refractivity contribution in [1.29, 1.82) is 0 Å². The van der Waals surface area contributed by atoms with E-state index in [2.05, 4.69) is 11.9 Å². The third kappa shape index (κ3) is 4.33. The largest absolute Gasteiger partial charge is 0.483 e. The van der Waals surface area contributed by atoms with Crippen LogP contribution in [0.1, 0.15) is 0 Å². The standard InChI is InChI=1S/C6H12NO2P/c1-5(9-2)7-4-6(8)10-3/h7,10H,1,4H2,2-3H3. The van der Waals surface area contributed by atoms with E-state index in [0.717, 1.165) is 0 Å². The lowest BCUT2D eigenvalue weighted by Gasteiger charge is -2.04. The molecule has 0 bridgehead atoms. The second-order valence-electron chi connectivity index (χ2n) is 1.65. The zero-order chi connectivity index (χ0) is 7.98. The summed E-state index contributed by atoms with van der Waals surface area (Å²) < 4.78 is 4.69. The fourth-order valence-electron chi connectivity index (χ4n) is 0.339. The number of ether oxygens (including phenoxy) is 1. The molecule has 0 spiro atoms. The highest BCUT2D eigenvalue weighted by Crippen LogP contribution is 2.01. The number of carbonyl (C=O) groups is 1. The van der Waals surface area contributed by atoms with E-state index in [9.17, 15) is 4.79 Å². The molecule has 0 aromatic rings. The van der Waals surface area contributed by atoms with Gasteiger partial charge in [-0.2, -0.15) is 0 Å². The maximum atomic E-state index is 10.7. The van der Waals surface area contributed by atoms with Gasteiger partial charge in [-0.05, 0) is 13.2 Å². The number of hydrogen-bond donors (Lipinski definition) is 1. The quantitative estimate of drug-likeness (QED) is 0.472. The van der Waals surface area contributed by atoms with Crippen LogP contribution in [0.4, 0.5) is 0 Å². The third-order valence-corrected chi connectivity index (χ3v) is 1.71. The van der Waals surface area contributed by atoms with Crippen molar-refractivity contribution in [3.63, 3.8) is 0 Å². The van der Waals surface area contributed by atoms with Gasteiger partial charge in [0.25, 0.3) is 0 Å². The first kappa shape index (κ1) is 9.44. The molecule has 0 radical (unpaired) electrons. The van der Waals surface area contributed by atoms with Crippen molar-refractivity contribution in [1.82, 2.24) is 5.32 Å². The number of rotatable bonds is 5. The highest BCUT2D eigenvalue weighted by Gasteiger charge is 1.96. The zero-order valence-corrected chi connectivity index (χ0v) is 7.23. The monoisotopic (exact) mass is 161 g/mol. The molecule has 0 aromatic heterocycles. The fourth-order valence-corrected chi connectivity index (χ4v) is 0.605. The Hall–Kier alpha value is -0.560. The van der Waals surface area contributed by atoms with E-state index in [-0.39, 0.29) is 5.52 Å². The molecule has 0 aromatic carbocycles. The van der Waals surface area contributed by atoms with Gasteiger partial charge in [-0.3, -0.25) is 4.79 Å². The summed E-state index contributed by atoms with van der Waals surface area (Å²) in [7, 11) is 1.84. The van der Waals surface area contributed by atoms with Crippen LogP contribution in [0.3, 0.4) is 0 Å². The molecule has 0 saturated carbocycles. The van der Waals surface area contributed by atoms with Gasteiger partial charge in [-0.1, -0.05) is 8.58 Å². The highest BCUT2D eigenvalue weighted by molar-refractivity contribution is 7.57. The molecule has 0 aliphatic rings. The first-order valence-electron chi connectivity index (χ1n) is 2.88. The van der Waals surface area contributed by atoms with Gasteiger partial charge in [-0.25, -0.2) is 0 Å². The Balaban J connectivity index is 3.35. The smallest absolute Gasteiger partial charge is 0.179 e. The van der Waals surface area contributed by atoms with Crippen molar-refractivity contribution in [3.8, 4) is 0 Å². The van der Waals surface area contributed by atoms with Crippen molar-refractivity contribution in [2.45, 2.75) is 0 Å². The van der Waals surface area contributed by atoms with Crippen LogP contribution in [0.2, 0.25) is 0 Å². The molecule has 1 N–H and O–H groups in total. The van der Waals surface area contributed by atoms with Crippen molar-refractivity contribution >= 4 is 14.1 Å². The summed E-state index contributed by atoms with van der Waals surface area (Å²) in [5.74, 6) is 0.437. The van der Waals surface area contributed by atoms with Crippen molar-refractivity contribution in [2.75, 3.05) is 20.3 Å². The van der Waals surface area contributed by atoms with Crippen LogP contribution in [0.15, 0.2) is 12.5 Å². The van der Waals surface area contributed by atoms with Gasteiger partial charge in [0.2, 0.25) is 0 Å². The van der Waals surface area contributed by atoms with Crippen molar-refractivity contribution in [3.05, 3.63) is 12.5 Å². The molecule has 58 valence electrons. The Labute approximate surface area is 62.6 Å². The normalized spacial score (nSPS) is 9.80.